The molecule has 178 valence electrons. The van der Waals surface area contributed by atoms with Crippen LogP contribution in [0.2, 0.25) is 0 Å². The Hall–Kier alpha value is -2.46. The van der Waals surface area contributed by atoms with Crippen LogP contribution in [0.3, 0.4) is 0 Å². The minimum absolute atomic E-state index is 0.141. The van der Waals surface area contributed by atoms with Gasteiger partial charge in [0.25, 0.3) is 0 Å². The van der Waals surface area contributed by atoms with Crippen molar-refractivity contribution in [3.05, 3.63) is 47.9 Å². The lowest BCUT2D eigenvalue weighted by atomic mass is 9.94. The normalized spacial score (nSPS) is 16.4. The van der Waals surface area contributed by atoms with E-state index in [4.69, 9.17) is 9.72 Å². The molecule has 1 aromatic carbocycles. The number of imidazole rings is 1. The van der Waals surface area contributed by atoms with Gasteiger partial charge < -0.3 is 9.30 Å². The summed E-state index contributed by atoms with van der Waals surface area (Å²) in [6.45, 7) is 8.30. The summed E-state index contributed by atoms with van der Waals surface area (Å²) in [6, 6.07) is 7.37. The van der Waals surface area contributed by atoms with Crippen LogP contribution in [0.15, 0.2) is 46.3 Å². The number of rotatable bonds is 4. The van der Waals surface area contributed by atoms with Gasteiger partial charge >= 0.3 is 6.18 Å². The van der Waals surface area contributed by atoms with Crippen LogP contribution in [-0.4, -0.2) is 36.2 Å². The number of alkyl halides is 3. The van der Waals surface area contributed by atoms with E-state index in [2.05, 4.69) is 9.55 Å². The van der Waals surface area contributed by atoms with Crippen molar-refractivity contribution in [2.45, 2.75) is 61.7 Å². The molecule has 0 amide bonds. The van der Waals surface area contributed by atoms with Gasteiger partial charge in [0.2, 0.25) is 9.84 Å². The SMILES string of the molecule is CC(C)(C)c1nc2cc(S(=O)(=O)c3cccc(C(F)(F)F)n3)ccc2n1CC1CCOCC1. The topological polar surface area (TPSA) is 74.1 Å². The van der Waals surface area contributed by atoms with Crippen molar-refractivity contribution in [3.8, 4) is 0 Å². The van der Waals surface area contributed by atoms with Crippen molar-refractivity contribution in [1.29, 1.82) is 0 Å². The minimum atomic E-state index is -4.74. The first-order valence-electron chi connectivity index (χ1n) is 10.8. The number of halogens is 3. The number of pyridine rings is 1. The molecular weight excluding hydrogens is 455 g/mol. The van der Waals surface area contributed by atoms with Gasteiger partial charge in [-0.2, -0.15) is 13.2 Å². The summed E-state index contributed by atoms with van der Waals surface area (Å²) < 4.78 is 72.9. The number of benzene rings is 1. The van der Waals surface area contributed by atoms with Crippen molar-refractivity contribution in [1.82, 2.24) is 14.5 Å². The van der Waals surface area contributed by atoms with Gasteiger partial charge in [0, 0.05) is 25.2 Å². The molecule has 0 radical (unpaired) electrons. The summed E-state index contributed by atoms with van der Waals surface area (Å²) in [7, 11) is -4.26. The maximum Gasteiger partial charge on any atom is 0.433 e. The van der Waals surface area contributed by atoms with E-state index < -0.39 is 26.7 Å². The predicted molar refractivity (Wildman–Crippen MR) is 117 cm³/mol. The third-order valence-corrected chi connectivity index (χ3v) is 7.42. The number of ether oxygens (including phenoxy) is 1. The van der Waals surface area contributed by atoms with Crippen molar-refractivity contribution >= 4 is 20.9 Å². The van der Waals surface area contributed by atoms with Crippen molar-refractivity contribution in [2.24, 2.45) is 5.92 Å². The summed E-state index contributed by atoms with van der Waals surface area (Å²) >= 11 is 0. The number of hydrogen-bond donors (Lipinski definition) is 0. The van der Waals surface area contributed by atoms with E-state index in [-0.39, 0.29) is 10.3 Å². The molecule has 0 bridgehead atoms. The van der Waals surface area contributed by atoms with Crippen LogP contribution in [0.25, 0.3) is 11.0 Å². The molecule has 1 aliphatic heterocycles. The van der Waals surface area contributed by atoms with E-state index in [1.54, 1.807) is 6.07 Å². The molecule has 3 heterocycles. The number of sulfone groups is 1. The average Bonchev–Trinajstić information content (AvgIpc) is 3.12. The largest absolute Gasteiger partial charge is 0.433 e. The van der Waals surface area contributed by atoms with E-state index in [1.165, 1.54) is 12.1 Å². The maximum atomic E-state index is 13.1. The Morgan fingerprint density at radius 2 is 1.76 bits per heavy atom. The first kappa shape index (κ1) is 23.7. The third-order valence-electron chi connectivity index (χ3n) is 5.77. The first-order chi connectivity index (χ1) is 15.4. The van der Waals surface area contributed by atoms with Crippen LogP contribution in [0.1, 0.15) is 45.1 Å². The standard InChI is InChI=1S/C23H26F3N3O3S/c1-22(2,3)21-27-17-13-16(7-8-18(17)29(21)14-15-9-11-32-12-10-15)33(30,31)20-6-4-5-19(28-20)23(24,25)26/h4-8,13,15H,9-12,14H2,1-3H3. The zero-order valence-electron chi connectivity index (χ0n) is 18.7. The predicted octanol–water partition coefficient (Wildman–Crippen LogP) is 5.01. The lowest BCUT2D eigenvalue weighted by Crippen LogP contribution is -2.25. The molecule has 0 atom stereocenters. The Labute approximate surface area is 190 Å². The van der Waals surface area contributed by atoms with Crippen LogP contribution in [-0.2, 0) is 32.7 Å². The highest BCUT2D eigenvalue weighted by Gasteiger charge is 2.34. The first-order valence-corrected chi connectivity index (χ1v) is 12.2. The molecule has 4 rings (SSSR count). The van der Waals surface area contributed by atoms with Gasteiger partial charge in [-0.25, -0.2) is 18.4 Å². The van der Waals surface area contributed by atoms with Crippen LogP contribution in [0.5, 0.6) is 0 Å². The highest BCUT2D eigenvalue weighted by molar-refractivity contribution is 7.91. The lowest BCUT2D eigenvalue weighted by Gasteiger charge is -2.26. The maximum absolute atomic E-state index is 13.1. The van der Waals surface area contributed by atoms with Gasteiger partial charge in [0.05, 0.1) is 15.9 Å². The monoisotopic (exact) mass is 481 g/mol. The molecule has 10 heteroatoms. The minimum Gasteiger partial charge on any atom is -0.381 e. The summed E-state index contributed by atoms with van der Waals surface area (Å²) in [5, 5.41) is -0.644. The fourth-order valence-corrected chi connectivity index (χ4v) is 5.30. The molecule has 2 aromatic heterocycles. The van der Waals surface area contributed by atoms with Gasteiger partial charge in [-0.3, -0.25) is 0 Å². The lowest BCUT2D eigenvalue weighted by molar-refractivity contribution is -0.141. The Kier molecular flexibility index (Phi) is 6.03. The summed E-state index contributed by atoms with van der Waals surface area (Å²) in [5.41, 5.74) is -0.256. The molecule has 0 spiro atoms. The fraction of sp³-hybridized carbons (Fsp3) is 0.478. The number of nitrogens with zero attached hydrogens (tertiary/aromatic N) is 3. The Balaban J connectivity index is 1.78. The summed E-state index contributed by atoms with van der Waals surface area (Å²) in [6.07, 6.45) is -2.85. The quantitative estimate of drug-likeness (QED) is 0.524. The highest BCUT2D eigenvalue weighted by atomic mass is 32.2. The zero-order chi connectivity index (χ0) is 24.0. The molecule has 3 aromatic rings. The second-order valence-electron chi connectivity index (χ2n) is 9.36. The highest BCUT2D eigenvalue weighted by Crippen LogP contribution is 2.32. The number of hydrogen-bond acceptors (Lipinski definition) is 5. The van der Waals surface area contributed by atoms with Crippen molar-refractivity contribution < 1.29 is 26.3 Å². The summed E-state index contributed by atoms with van der Waals surface area (Å²) in [5.74, 6) is 1.26. The van der Waals surface area contributed by atoms with E-state index in [0.29, 0.717) is 24.6 Å². The molecule has 0 N–H and O–H groups in total. The zero-order valence-corrected chi connectivity index (χ0v) is 19.5. The molecule has 0 saturated carbocycles. The molecule has 6 nitrogen and oxygen atoms in total. The van der Waals surface area contributed by atoms with E-state index >= 15 is 0 Å². The van der Waals surface area contributed by atoms with Gasteiger partial charge in [-0.05, 0) is 49.1 Å². The Morgan fingerprint density at radius 3 is 2.39 bits per heavy atom. The van der Waals surface area contributed by atoms with Gasteiger partial charge in [0.15, 0.2) is 5.03 Å². The van der Waals surface area contributed by atoms with E-state index in [1.807, 2.05) is 20.8 Å². The van der Waals surface area contributed by atoms with Gasteiger partial charge in [0.1, 0.15) is 11.5 Å². The van der Waals surface area contributed by atoms with E-state index in [0.717, 1.165) is 48.9 Å². The Bertz CT molecular complexity index is 1270. The fourth-order valence-electron chi connectivity index (χ4n) is 4.06. The van der Waals surface area contributed by atoms with Gasteiger partial charge in [-0.15, -0.1) is 0 Å². The molecule has 1 aliphatic rings. The molecule has 0 aliphatic carbocycles. The molecular formula is C23H26F3N3O3S. The van der Waals surface area contributed by atoms with Crippen molar-refractivity contribution in [3.63, 3.8) is 0 Å². The molecule has 1 saturated heterocycles. The van der Waals surface area contributed by atoms with Crippen molar-refractivity contribution in [2.75, 3.05) is 13.2 Å². The average molecular weight is 482 g/mol. The third kappa shape index (κ3) is 4.77. The second kappa shape index (κ2) is 8.39. The van der Waals surface area contributed by atoms with Crippen LogP contribution < -0.4 is 0 Å². The van der Waals surface area contributed by atoms with Crippen LogP contribution in [0.4, 0.5) is 13.2 Å². The number of fused-ring (bicyclic) bond motifs is 1. The summed E-state index contributed by atoms with van der Waals surface area (Å²) in [4.78, 5) is 7.96. The molecule has 0 unspecified atom stereocenters. The van der Waals surface area contributed by atoms with Crippen LogP contribution >= 0.6 is 0 Å². The Morgan fingerprint density at radius 1 is 1.06 bits per heavy atom. The van der Waals surface area contributed by atoms with E-state index in [9.17, 15) is 21.6 Å². The number of aromatic nitrogens is 3. The smallest absolute Gasteiger partial charge is 0.381 e. The molecule has 1 fully saturated rings. The van der Waals surface area contributed by atoms with Gasteiger partial charge in [-0.1, -0.05) is 26.8 Å². The molecule has 33 heavy (non-hydrogen) atoms. The second-order valence-corrected chi connectivity index (χ2v) is 11.3. The van der Waals surface area contributed by atoms with Crippen LogP contribution in [0, 0.1) is 5.92 Å².